The SMILES string of the molecule is CO[C@@H]1C[C@H](CC(=O)O)N(C(=O)c2cc3c([nH]c2=O)CCCCC3)C1. The fourth-order valence-electron chi connectivity index (χ4n) is 3.85. The van der Waals surface area contributed by atoms with E-state index in [-0.39, 0.29) is 23.6 Å². The molecule has 0 unspecified atom stereocenters. The number of ether oxygens (including phenoxy) is 1. The highest BCUT2D eigenvalue weighted by Gasteiger charge is 2.37. The second-order valence-electron chi connectivity index (χ2n) is 6.88. The molecule has 1 aliphatic carbocycles. The highest BCUT2D eigenvalue weighted by atomic mass is 16.5. The van der Waals surface area contributed by atoms with E-state index in [0.717, 1.165) is 43.4 Å². The molecule has 0 spiro atoms. The van der Waals surface area contributed by atoms with E-state index >= 15 is 0 Å². The number of methoxy groups -OCH3 is 1. The number of likely N-dealkylation sites (tertiary alicyclic amines) is 1. The molecule has 1 aromatic heterocycles. The fourth-order valence-corrected chi connectivity index (χ4v) is 3.85. The van der Waals surface area contributed by atoms with Crippen molar-refractivity contribution < 1.29 is 19.4 Å². The summed E-state index contributed by atoms with van der Waals surface area (Å²) < 4.78 is 5.30. The maximum Gasteiger partial charge on any atom is 0.305 e. The van der Waals surface area contributed by atoms with Crippen LogP contribution in [-0.4, -0.2) is 52.7 Å². The molecular formula is C18H24N2O5. The summed E-state index contributed by atoms with van der Waals surface area (Å²) in [5, 5.41) is 9.10. The number of carboxylic acids is 1. The van der Waals surface area contributed by atoms with Gasteiger partial charge in [-0.25, -0.2) is 0 Å². The van der Waals surface area contributed by atoms with Crippen molar-refractivity contribution in [1.82, 2.24) is 9.88 Å². The number of hydrogen-bond acceptors (Lipinski definition) is 4. The fraction of sp³-hybridized carbons (Fsp3) is 0.611. The Bertz CT molecular complexity index is 727. The third-order valence-electron chi connectivity index (χ3n) is 5.20. The van der Waals surface area contributed by atoms with Crippen LogP contribution in [0.15, 0.2) is 10.9 Å². The number of nitrogens with one attached hydrogen (secondary N) is 1. The molecule has 0 saturated carbocycles. The Hall–Kier alpha value is -2.15. The highest BCUT2D eigenvalue weighted by molar-refractivity contribution is 5.94. The second kappa shape index (κ2) is 7.39. The van der Waals surface area contributed by atoms with Crippen LogP contribution in [0, 0.1) is 0 Å². The zero-order valence-electron chi connectivity index (χ0n) is 14.4. The molecule has 1 amide bonds. The van der Waals surface area contributed by atoms with Crippen molar-refractivity contribution in [2.24, 2.45) is 0 Å². The molecule has 1 aromatic rings. The van der Waals surface area contributed by atoms with Crippen LogP contribution < -0.4 is 5.56 Å². The summed E-state index contributed by atoms with van der Waals surface area (Å²) in [6.45, 7) is 0.309. The zero-order chi connectivity index (χ0) is 18.0. The molecular weight excluding hydrogens is 324 g/mol. The number of fused-ring (bicyclic) bond motifs is 1. The largest absolute Gasteiger partial charge is 0.481 e. The van der Waals surface area contributed by atoms with Gasteiger partial charge in [0.15, 0.2) is 0 Å². The normalized spacial score (nSPS) is 23.2. The van der Waals surface area contributed by atoms with Crippen LogP contribution in [0.4, 0.5) is 0 Å². The minimum atomic E-state index is -0.963. The average molecular weight is 348 g/mol. The van der Waals surface area contributed by atoms with Crippen molar-refractivity contribution in [1.29, 1.82) is 0 Å². The molecule has 1 fully saturated rings. The van der Waals surface area contributed by atoms with Gasteiger partial charge in [-0.2, -0.15) is 0 Å². The number of carbonyl (C=O) groups is 2. The number of pyridine rings is 1. The molecule has 2 atom stereocenters. The van der Waals surface area contributed by atoms with E-state index in [2.05, 4.69) is 4.98 Å². The van der Waals surface area contributed by atoms with Crippen molar-refractivity contribution in [2.75, 3.05) is 13.7 Å². The summed E-state index contributed by atoms with van der Waals surface area (Å²) in [5.41, 5.74) is 1.67. The van der Waals surface area contributed by atoms with Gasteiger partial charge in [0, 0.05) is 25.4 Å². The van der Waals surface area contributed by atoms with Gasteiger partial charge in [0.05, 0.1) is 12.5 Å². The van der Waals surface area contributed by atoms with Crippen LogP contribution in [0.3, 0.4) is 0 Å². The molecule has 0 radical (unpaired) electrons. The van der Waals surface area contributed by atoms with Gasteiger partial charge in [-0.1, -0.05) is 6.42 Å². The first-order valence-corrected chi connectivity index (χ1v) is 8.80. The van der Waals surface area contributed by atoms with Crippen molar-refractivity contribution in [3.05, 3.63) is 33.2 Å². The van der Waals surface area contributed by atoms with Crippen LogP contribution in [0.1, 0.15) is 53.7 Å². The Morgan fingerprint density at radius 2 is 2.08 bits per heavy atom. The number of aliphatic carboxylic acids is 1. The molecule has 0 bridgehead atoms. The lowest BCUT2D eigenvalue weighted by atomic mass is 10.0. The molecule has 136 valence electrons. The molecule has 2 heterocycles. The van der Waals surface area contributed by atoms with Crippen molar-refractivity contribution in [3.63, 3.8) is 0 Å². The standard InChI is InChI=1S/C18H24N2O5/c1-25-13-8-12(9-16(21)22)20(10-13)18(24)14-7-11-5-3-2-4-6-15(11)19-17(14)23/h7,12-13H,2-6,8-10H2,1H3,(H,19,23)(H,21,22)/t12-,13-/m1/s1. The molecule has 2 aliphatic rings. The quantitative estimate of drug-likeness (QED) is 0.800. The summed E-state index contributed by atoms with van der Waals surface area (Å²) >= 11 is 0. The number of amides is 1. The number of hydrogen-bond donors (Lipinski definition) is 2. The zero-order valence-corrected chi connectivity index (χ0v) is 14.4. The maximum absolute atomic E-state index is 13.0. The predicted octanol–water partition coefficient (Wildman–Crippen LogP) is 1.35. The number of carboxylic acid groups (broad SMARTS) is 1. The summed E-state index contributed by atoms with van der Waals surface area (Å²) in [5.74, 6) is -1.37. The van der Waals surface area contributed by atoms with E-state index in [4.69, 9.17) is 9.84 Å². The molecule has 1 aliphatic heterocycles. The number of H-pyrrole nitrogens is 1. The van der Waals surface area contributed by atoms with Crippen LogP contribution in [-0.2, 0) is 22.4 Å². The Morgan fingerprint density at radius 3 is 2.80 bits per heavy atom. The van der Waals surface area contributed by atoms with Crippen molar-refractivity contribution in [2.45, 2.75) is 57.1 Å². The van der Waals surface area contributed by atoms with E-state index < -0.39 is 17.9 Å². The van der Waals surface area contributed by atoms with Gasteiger partial charge in [0.25, 0.3) is 11.5 Å². The summed E-state index contributed by atoms with van der Waals surface area (Å²) in [7, 11) is 1.55. The van der Waals surface area contributed by atoms with E-state index in [1.807, 2.05) is 0 Å². The van der Waals surface area contributed by atoms with Gasteiger partial charge in [-0.3, -0.25) is 14.4 Å². The van der Waals surface area contributed by atoms with Crippen molar-refractivity contribution in [3.8, 4) is 0 Å². The van der Waals surface area contributed by atoms with Crippen LogP contribution in [0.25, 0.3) is 0 Å². The summed E-state index contributed by atoms with van der Waals surface area (Å²) in [4.78, 5) is 40.8. The minimum absolute atomic E-state index is 0.104. The number of rotatable bonds is 4. The molecule has 0 aromatic carbocycles. The second-order valence-corrected chi connectivity index (χ2v) is 6.88. The van der Waals surface area contributed by atoms with Gasteiger partial charge in [-0.05, 0) is 43.7 Å². The first-order chi connectivity index (χ1) is 12.0. The van der Waals surface area contributed by atoms with Gasteiger partial charge < -0.3 is 19.7 Å². The predicted molar refractivity (Wildman–Crippen MR) is 90.8 cm³/mol. The third kappa shape index (κ3) is 3.76. The smallest absolute Gasteiger partial charge is 0.305 e. The third-order valence-corrected chi connectivity index (χ3v) is 5.20. The molecule has 2 N–H and O–H groups in total. The minimum Gasteiger partial charge on any atom is -0.481 e. The maximum atomic E-state index is 13.0. The van der Waals surface area contributed by atoms with Gasteiger partial charge in [0.2, 0.25) is 0 Å². The Labute approximate surface area is 146 Å². The lowest BCUT2D eigenvalue weighted by Crippen LogP contribution is -2.40. The van der Waals surface area contributed by atoms with E-state index in [0.29, 0.717) is 13.0 Å². The molecule has 25 heavy (non-hydrogen) atoms. The summed E-state index contributed by atoms with van der Waals surface area (Å²) in [6.07, 6.45) is 5.01. The van der Waals surface area contributed by atoms with Crippen LogP contribution >= 0.6 is 0 Å². The Balaban J connectivity index is 1.90. The number of aromatic nitrogens is 1. The molecule has 1 saturated heterocycles. The van der Waals surface area contributed by atoms with Gasteiger partial charge in [0.1, 0.15) is 5.56 Å². The van der Waals surface area contributed by atoms with Gasteiger partial charge in [-0.15, -0.1) is 0 Å². The molecule has 7 heteroatoms. The van der Waals surface area contributed by atoms with Gasteiger partial charge >= 0.3 is 5.97 Å². The molecule has 3 rings (SSSR count). The number of nitrogens with zero attached hydrogens (tertiary/aromatic N) is 1. The van der Waals surface area contributed by atoms with Crippen LogP contribution in [0.5, 0.6) is 0 Å². The number of aromatic amines is 1. The number of carbonyl (C=O) groups excluding carboxylic acids is 1. The monoisotopic (exact) mass is 348 g/mol. The molecule has 7 nitrogen and oxygen atoms in total. The lowest BCUT2D eigenvalue weighted by molar-refractivity contribution is -0.137. The number of aryl methyl sites for hydroxylation is 2. The van der Waals surface area contributed by atoms with Crippen LogP contribution in [0.2, 0.25) is 0 Å². The topological polar surface area (TPSA) is 99.7 Å². The average Bonchev–Trinajstić information content (AvgIpc) is 2.83. The Kier molecular flexibility index (Phi) is 5.22. The Morgan fingerprint density at radius 1 is 1.32 bits per heavy atom. The van der Waals surface area contributed by atoms with Crippen molar-refractivity contribution >= 4 is 11.9 Å². The van der Waals surface area contributed by atoms with E-state index in [1.54, 1.807) is 13.2 Å². The first-order valence-electron chi connectivity index (χ1n) is 8.80. The van der Waals surface area contributed by atoms with E-state index in [9.17, 15) is 14.4 Å². The summed E-state index contributed by atoms with van der Waals surface area (Å²) in [6, 6.07) is 1.26. The van der Waals surface area contributed by atoms with E-state index in [1.165, 1.54) is 4.90 Å². The highest BCUT2D eigenvalue weighted by Crippen LogP contribution is 2.25. The first kappa shape index (κ1) is 17.7. The lowest BCUT2D eigenvalue weighted by Gasteiger charge is -2.23.